The maximum atomic E-state index is 11.4. The highest BCUT2D eigenvalue weighted by molar-refractivity contribution is 6.37. The van der Waals surface area contributed by atoms with Gasteiger partial charge in [-0.25, -0.2) is 4.79 Å². The first-order chi connectivity index (χ1) is 10.1. The third kappa shape index (κ3) is 3.45. The Bertz CT molecular complexity index is 698. The summed E-state index contributed by atoms with van der Waals surface area (Å²) in [5, 5.41) is 11.2. The molecule has 0 saturated carbocycles. The van der Waals surface area contributed by atoms with Crippen molar-refractivity contribution >= 4 is 17.6 Å². The number of methoxy groups -OCH3 is 1. The number of nitrogens with one attached hydrogen (secondary N) is 1. The van der Waals surface area contributed by atoms with Gasteiger partial charge in [-0.05, 0) is 35.4 Å². The van der Waals surface area contributed by atoms with E-state index >= 15 is 0 Å². The second kappa shape index (κ2) is 6.35. The Balaban J connectivity index is 2.13. The highest BCUT2D eigenvalue weighted by Gasteiger charge is 2.13. The van der Waals surface area contributed by atoms with Crippen molar-refractivity contribution in [2.75, 3.05) is 12.4 Å². The molecule has 0 aliphatic heterocycles. The maximum absolute atomic E-state index is 11.4. The van der Waals surface area contributed by atoms with Gasteiger partial charge in [0.1, 0.15) is 0 Å². The van der Waals surface area contributed by atoms with Gasteiger partial charge in [0, 0.05) is 5.69 Å². The molecule has 1 amide bonds. The van der Waals surface area contributed by atoms with E-state index in [1.807, 2.05) is 24.3 Å². The number of amides is 1. The summed E-state index contributed by atoms with van der Waals surface area (Å²) in [4.78, 5) is 22.4. The van der Waals surface area contributed by atoms with Crippen molar-refractivity contribution in [2.24, 2.45) is 0 Å². The molecule has 0 saturated heterocycles. The lowest BCUT2D eigenvalue weighted by atomic mass is 10.0. The zero-order valence-electron chi connectivity index (χ0n) is 11.3. The van der Waals surface area contributed by atoms with Crippen LogP contribution in [0.15, 0.2) is 48.5 Å². The molecule has 2 rings (SSSR count). The Kier molecular flexibility index (Phi) is 4.32. The Hall–Kier alpha value is -3.13. The number of ether oxygens (including phenoxy) is 1. The Labute approximate surface area is 121 Å². The van der Waals surface area contributed by atoms with E-state index in [4.69, 9.17) is 5.26 Å². The molecular formula is C16H12N2O3. The fourth-order valence-corrected chi connectivity index (χ4v) is 1.76. The first-order valence-corrected chi connectivity index (χ1v) is 6.14. The highest BCUT2D eigenvalue weighted by atomic mass is 16.5. The van der Waals surface area contributed by atoms with Gasteiger partial charge in [-0.2, -0.15) is 5.26 Å². The van der Waals surface area contributed by atoms with Gasteiger partial charge >= 0.3 is 11.9 Å². The Morgan fingerprint density at radius 3 is 2.00 bits per heavy atom. The van der Waals surface area contributed by atoms with Crippen molar-refractivity contribution in [2.45, 2.75) is 0 Å². The van der Waals surface area contributed by atoms with E-state index < -0.39 is 11.9 Å². The van der Waals surface area contributed by atoms with Crippen LogP contribution in [0.3, 0.4) is 0 Å². The lowest BCUT2D eigenvalue weighted by molar-refractivity contribution is -0.150. The fourth-order valence-electron chi connectivity index (χ4n) is 1.76. The molecule has 5 heteroatoms. The van der Waals surface area contributed by atoms with Gasteiger partial charge in [0.25, 0.3) is 0 Å². The summed E-state index contributed by atoms with van der Waals surface area (Å²) in [7, 11) is 1.15. The monoisotopic (exact) mass is 280 g/mol. The van der Waals surface area contributed by atoms with Crippen LogP contribution in [0, 0.1) is 11.3 Å². The third-order valence-electron chi connectivity index (χ3n) is 2.86. The number of anilines is 1. The van der Waals surface area contributed by atoms with Crippen LogP contribution in [0.4, 0.5) is 5.69 Å². The van der Waals surface area contributed by atoms with Crippen LogP contribution in [0.5, 0.6) is 0 Å². The van der Waals surface area contributed by atoms with Crippen molar-refractivity contribution in [3.05, 3.63) is 54.1 Å². The standard InChI is InChI=1S/C16H12N2O3/c1-21-16(20)15(19)18-14-8-6-13(7-9-14)12-4-2-11(10-17)3-5-12/h2-9H,1H3,(H,18,19). The normalized spacial score (nSPS) is 9.52. The van der Waals surface area contributed by atoms with Crippen LogP contribution in [0.25, 0.3) is 11.1 Å². The summed E-state index contributed by atoms with van der Waals surface area (Å²) in [5.74, 6) is -1.75. The number of carbonyl (C=O) groups excluding carboxylic acids is 2. The predicted molar refractivity (Wildman–Crippen MR) is 77.2 cm³/mol. The zero-order chi connectivity index (χ0) is 15.2. The molecule has 0 aromatic heterocycles. The molecule has 21 heavy (non-hydrogen) atoms. The molecule has 2 aromatic rings. The fraction of sp³-hybridized carbons (Fsp3) is 0.0625. The van der Waals surface area contributed by atoms with Gasteiger partial charge in [-0.1, -0.05) is 24.3 Å². The van der Waals surface area contributed by atoms with Crippen LogP contribution in [-0.2, 0) is 14.3 Å². The van der Waals surface area contributed by atoms with Crippen LogP contribution >= 0.6 is 0 Å². The molecule has 0 spiro atoms. The second-order valence-corrected chi connectivity index (χ2v) is 4.21. The van der Waals surface area contributed by atoms with Crippen LogP contribution in [0.2, 0.25) is 0 Å². The number of hydrogen-bond acceptors (Lipinski definition) is 4. The molecule has 0 atom stereocenters. The first kappa shape index (κ1) is 14.3. The summed E-state index contributed by atoms with van der Waals surface area (Å²) in [5.41, 5.74) is 3.00. The van der Waals surface area contributed by atoms with Crippen LogP contribution in [0.1, 0.15) is 5.56 Å². The summed E-state index contributed by atoms with van der Waals surface area (Å²) >= 11 is 0. The smallest absolute Gasteiger partial charge is 0.396 e. The number of hydrogen-bond donors (Lipinski definition) is 1. The molecule has 0 radical (unpaired) electrons. The number of carbonyl (C=O) groups is 2. The largest absolute Gasteiger partial charge is 0.462 e. The predicted octanol–water partition coefficient (Wildman–Crippen LogP) is 2.34. The number of benzene rings is 2. The van der Waals surface area contributed by atoms with E-state index in [1.54, 1.807) is 24.3 Å². The van der Waals surface area contributed by atoms with Gasteiger partial charge in [0.05, 0.1) is 18.7 Å². The van der Waals surface area contributed by atoms with Crippen molar-refractivity contribution in [3.8, 4) is 17.2 Å². The minimum absolute atomic E-state index is 0.503. The first-order valence-electron chi connectivity index (χ1n) is 6.14. The van der Waals surface area contributed by atoms with E-state index in [-0.39, 0.29) is 0 Å². The molecule has 0 heterocycles. The number of nitrogens with zero attached hydrogens (tertiary/aromatic N) is 1. The van der Waals surface area contributed by atoms with Gasteiger partial charge in [-0.3, -0.25) is 4.79 Å². The molecule has 0 aliphatic carbocycles. The van der Waals surface area contributed by atoms with Crippen molar-refractivity contribution in [1.82, 2.24) is 0 Å². The molecule has 104 valence electrons. The molecule has 2 aromatic carbocycles. The van der Waals surface area contributed by atoms with Crippen LogP contribution < -0.4 is 5.32 Å². The van der Waals surface area contributed by atoms with Crippen molar-refractivity contribution < 1.29 is 14.3 Å². The van der Waals surface area contributed by atoms with E-state index in [0.717, 1.165) is 18.2 Å². The number of nitriles is 1. The quantitative estimate of drug-likeness (QED) is 0.676. The van der Waals surface area contributed by atoms with Crippen LogP contribution in [-0.4, -0.2) is 19.0 Å². The summed E-state index contributed by atoms with van der Waals surface area (Å²) < 4.78 is 4.32. The van der Waals surface area contributed by atoms with E-state index in [0.29, 0.717) is 11.3 Å². The topological polar surface area (TPSA) is 79.2 Å². The summed E-state index contributed by atoms with van der Waals surface area (Å²) in [6.45, 7) is 0. The van der Waals surface area contributed by atoms with Gasteiger partial charge in [0.15, 0.2) is 0 Å². The maximum Gasteiger partial charge on any atom is 0.396 e. The molecule has 0 aliphatic rings. The van der Waals surface area contributed by atoms with Crippen molar-refractivity contribution in [1.29, 1.82) is 5.26 Å². The highest BCUT2D eigenvalue weighted by Crippen LogP contribution is 2.21. The summed E-state index contributed by atoms with van der Waals surface area (Å²) in [6, 6.07) is 16.2. The van der Waals surface area contributed by atoms with E-state index in [9.17, 15) is 9.59 Å². The van der Waals surface area contributed by atoms with Crippen molar-refractivity contribution in [3.63, 3.8) is 0 Å². The Morgan fingerprint density at radius 1 is 1.00 bits per heavy atom. The second-order valence-electron chi connectivity index (χ2n) is 4.21. The molecule has 0 bridgehead atoms. The van der Waals surface area contributed by atoms with Gasteiger partial charge < -0.3 is 10.1 Å². The van der Waals surface area contributed by atoms with Gasteiger partial charge in [-0.15, -0.1) is 0 Å². The van der Waals surface area contributed by atoms with Gasteiger partial charge in [0.2, 0.25) is 0 Å². The number of esters is 1. The third-order valence-corrected chi connectivity index (χ3v) is 2.86. The lowest BCUT2D eigenvalue weighted by Crippen LogP contribution is -2.23. The van der Waals surface area contributed by atoms with E-state index in [1.165, 1.54) is 0 Å². The number of rotatable bonds is 2. The Morgan fingerprint density at radius 2 is 1.52 bits per heavy atom. The SMILES string of the molecule is COC(=O)C(=O)Nc1ccc(-c2ccc(C#N)cc2)cc1. The molecule has 1 N–H and O–H groups in total. The molecular weight excluding hydrogens is 268 g/mol. The molecule has 0 fully saturated rings. The average molecular weight is 280 g/mol. The van der Waals surface area contributed by atoms with E-state index in [2.05, 4.69) is 16.1 Å². The lowest BCUT2D eigenvalue weighted by Gasteiger charge is -2.06. The minimum Gasteiger partial charge on any atom is -0.462 e. The summed E-state index contributed by atoms with van der Waals surface area (Å²) in [6.07, 6.45) is 0. The average Bonchev–Trinajstić information content (AvgIpc) is 2.55. The zero-order valence-corrected chi connectivity index (χ0v) is 11.3. The molecule has 5 nitrogen and oxygen atoms in total. The molecule has 0 unspecified atom stereocenters. The minimum atomic E-state index is -0.939.